The largest absolute Gasteiger partial charge is 0.461 e. The van der Waals surface area contributed by atoms with Gasteiger partial charge in [-0.3, -0.25) is 9.59 Å². The minimum atomic E-state index is -1.22. The number of esters is 1. The van der Waals surface area contributed by atoms with Crippen molar-refractivity contribution >= 4 is 11.8 Å². The molecule has 3 rings (SSSR count). The summed E-state index contributed by atoms with van der Waals surface area (Å²) in [4.78, 5) is 27.0. The highest BCUT2D eigenvalue weighted by Crippen LogP contribution is 2.38. The number of hydrogen-bond donors (Lipinski definition) is 0. The lowest BCUT2D eigenvalue weighted by atomic mass is 9.72. The number of ketones is 1. The maximum Gasteiger partial charge on any atom is 0.320 e. The van der Waals surface area contributed by atoms with Crippen LogP contribution in [0, 0.1) is 23.2 Å². The molecule has 3 atom stereocenters. The fraction of sp³-hybridized carbons (Fsp3) is 0.500. The highest BCUT2D eigenvalue weighted by atomic mass is 16.5. The minimum Gasteiger partial charge on any atom is -0.461 e. The summed E-state index contributed by atoms with van der Waals surface area (Å²) in [6.07, 6.45) is 3.70. The van der Waals surface area contributed by atoms with Gasteiger partial charge in [0.25, 0.3) is 0 Å². The molecule has 1 fully saturated rings. The van der Waals surface area contributed by atoms with E-state index in [1.807, 2.05) is 60.7 Å². The van der Waals surface area contributed by atoms with Gasteiger partial charge in [0.05, 0.1) is 0 Å². The van der Waals surface area contributed by atoms with Crippen molar-refractivity contribution in [1.29, 1.82) is 0 Å². The molecule has 0 saturated heterocycles. The van der Waals surface area contributed by atoms with E-state index in [2.05, 4.69) is 20.8 Å². The second-order valence-electron chi connectivity index (χ2n) is 9.73. The van der Waals surface area contributed by atoms with E-state index >= 15 is 0 Å². The lowest BCUT2D eigenvalue weighted by Crippen LogP contribution is -2.47. The molecule has 166 valence electrons. The molecule has 0 amide bonds. The number of ether oxygens (including phenoxy) is 1. The van der Waals surface area contributed by atoms with Crippen molar-refractivity contribution in [3.05, 3.63) is 71.8 Å². The van der Waals surface area contributed by atoms with Crippen molar-refractivity contribution in [1.82, 2.24) is 0 Å². The molecule has 2 aromatic rings. The third-order valence-corrected chi connectivity index (χ3v) is 6.98. The summed E-state index contributed by atoms with van der Waals surface area (Å²) in [5.74, 6) is 0.828. The molecular weight excluding hydrogens is 384 g/mol. The quantitative estimate of drug-likeness (QED) is 0.386. The minimum absolute atomic E-state index is 0.124. The number of Topliss-reactive ketones (excluding diaryl/α,β-unsaturated/α-hetero) is 1. The standard InChI is InChI=1S/C28H36O3/c1-20(2)25-16-15-21(3)17-26(25)31-27(30)28(22(4)29,18-23-11-7-5-8-12-23)19-24-13-9-6-10-14-24/h5-14,20-21,25-26H,15-19H2,1-4H3/t21-,25+,26-/m1/s1. The van der Waals surface area contributed by atoms with Crippen LogP contribution >= 0.6 is 0 Å². The highest BCUT2D eigenvalue weighted by molar-refractivity contribution is 6.03. The molecule has 0 unspecified atom stereocenters. The van der Waals surface area contributed by atoms with Crippen LogP contribution in [0.2, 0.25) is 0 Å². The Kier molecular flexibility index (Phi) is 7.69. The van der Waals surface area contributed by atoms with Crippen molar-refractivity contribution < 1.29 is 14.3 Å². The van der Waals surface area contributed by atoms with Crippen LogP contribution in [0.4, 0.5) is 0 Å². The first-order chi connectivity index (χ1) is 14.8. The maximum atomic E-state index is 13.8. The van der Waals surface area contributed by atoms with Crippen molar-refractivity contribution in [2.75, 3.05) is 0 Å². The predicted octanol–water partition coefficient (Wildman–Crippen LogP) is 6.05. The lowest BCUT2D eigenvalue weighted by Gasteiger charge is -2.39. The Morgan fingerprint density at radius 2 is 1.45 bits per heavy atom. The zero-order chi connectivity index (χ0) is 22.4. The Bertz CT molecular complexity index is 815. The molecule has 31 heavy (non-hydrogen) atoms. The summed E-state index contributed by atoms with van der Waals surface area (Å²) in [5.41, 5.74) is 0.733. The fourth-order valence-corrected chi connectivity index (χ4v) is 4.99. The topological polar surface area (TPSA) is 43.4 Å². The van der Waals surface area contributed by atoms with E-state index in [1.165, 1.54) is 13.3 Å². The van der Waals surface area contributed by atoms with E-state index in [-0.39, 0.29) is 17.9 Å². The van der Waals surface area contributed by atoms with Gasteiger partial charge in [-0.1, -0.05) is 87.9 Å². The highest BCUT2D eigenvalue weighted by Gasteiger charge is 2.47. The monoisotopic (exact) mass is 420 g/mol. The first kappa shape index (κ1) is 23.2. The van der Waals surface area contributed by atoms with Crippen LogP contribution in [0.3, 0.4) is 0 Å². The van der Waals surface area contributed by atoms with E-state index in [4.69, 9.17) is 4.74 Å². The van der Waals surface area contributed by atoms with E-state index in [0.717, 1.165) is 24.0 Å². The summed E-state index contributed by atoms with van der Waals surface area (Å²) < 4.78 is 6.25. The van der Waals surface area contributed by atoms with Crippen LogP contribution in [0.25, 0.3) is 0 Å². The third kappa shape index (κ3) is 5.64. The number of hydrogen-bond acceptors (Lipinski definition) is 3. The Balaban J connectivity index is 1.95. The SMILES string of the molecule is CC(=O)C(Cc1ccccc1)(Cc1ccccc1)C(=O)O[C@@H]1C[C@H](C)CC[C@H]1C(C)C. The summed E-state index contributed by atoms with van der Waals surface area (Å²) in [5, 5.41) is 0. The maximum absolute atomic E-state index is 13.8. The van der Waals surface area contributed by atoms with E-state index in [1.54, 1.807) is 0 Å². The first-order valence-corrected chi connectivity index (χ1v) is 11.6. The summed E-state index contributed by atoms with van der Waals surface area (Å²) in [6.45, 7) is 8.17. The Hall–Kier alpha value is -2.42. The lowest BCUT2D eigenvalue weighted by molar-refractivity contribution is -0.171. The number of benzene rings is 2. The third-order valence-electron chi connectivity index (χ3n) is 6.98. The average molecular weight is 421 g/mol. The Morgan fingerprint density at radius 1 is 0.935 bits per heavy atom. The Labute approximate surface area is 187 Å². The van der Waals surface area contributed by atoms with Crippen molar-refractivity contribution in [2.24, 2.45) is 23.2 Å². The summed E-state index contributed by atoms with van der Waals surface area (Å²) in [7, 11) is 0. The molecule has 0 bridgehead atoms. The summed E-state index contributed by atoms with van der Waals surface area (Å²) in [6, 6.07) is 19.6. The second-order valence-corrected chi connectivity index (χ2v) is 9.73. The molecule has 0 aliphatic heterocycles. The van der Waals surface area contributed by atoms with Crippen molar-refractivity contribution in [3.63, 3.8) is 0 Å². The molecule has 3 heteroatoms. The normalized spacial score (nSPS) is 21.6. The van der Waals surface area contributed by atoms with Crippen molar-refractivity contribution in [3.8, 4) is 0 Å². The van der Waals surface area contributed by atoms with Gasteiger partial charge in [-0.2, -0.15) is 0 Å². The number of carbonyl (C=O) groups is 2. The molecule has 0 aromatic heterocycles. The average Bonchev–Trinajstić information content (AvgIpc) is 2.74. The summed E-state index contributed by atoms with van der Waals surface area (Å²) >= 11 is 0. The van der Waals surface area contributed by atoms with Crippen LogP contribution in [0.5, 0.6) is 0 Å². The molecule has 3 nitrogen and oxygen atoms in total. The van der Waals surface area contributed by atoms with Gasteiger partial charge >= 0.3 is 5.97 Å². The van der Waals surface area contributed by atoms with Crippen LogP contribution < -0.4 is 0 Å². The first-order valence-electron chi connectivity index (χ1n) is 11.6. The van der Waals surface area contributed by atoms with E-state index in [9.17, 15) is 9.59 Å². The molecule has 0 N–H and O–H groups in total. The van der Waals surface area contributed by atoms with E-state index < -0.39 is 5.41 Å². The molecule has 0 spiro atoms. The molecule has 1 aliphatic rings. The zero-order valence-electron chi connectivity index (χ0n) is 19.3. The smallest absolute Gasteiger partial charge is 0.320 e. The molecule has 1 aliphatic carbocycles. The van der Waals surface area contributed by atoms with Gasteiger partial charge in [-0.15, -0.1) is 0 Å². The fourth-order valence-electron chi connectivity index (χ4n) is 4.99. The van der Waals surface area contributed by atoms with Gasteiger partial charge in [0.1, 0.15) is 17.3 Å². The number of carbonyl (C=O) groups excluding carboxylic acids is 2. The van der Waals surface area contributed by atoms with Crippen LogP contribution in [0.15, 0.2) is 60.7 Å². The molecule has 0 radical (unpaired) electrons. The zero-order valence-corrected chi connectivity index (χ0v) is 19.3. The van der Waals surface area contributed by atoms with Crippen molar-refractivity contribution in [2.45, 2.75) is 65.9 Å². The molecule has 0 heterocycles. The van der Waals surface area contributed by atoms with Gasteiger partial charge in [0, 0.05) is 0 Å². The van der Waals surface area contributed by atoms with Crippen LogP contribution in [0.1, 0.15) is 58.1 Å². The second kappa shape index (κ2) is 10.3. The van der Waals surface area contributed by atoms with Gasteiger partial charge in [0.2, 0.25) is 0 Å². The van der Waals surface area contributed by atoms with E-state index in [0.29, 0.717) is 30.6 Å². The molecule has 2 aromatic carbocycles. The van der Waals surface area contributed by atoms with Crippen LogP contribution in [-0.2, 0) is 27.2 Å². The van der Waals surface area contributed by atoms with Gasteiger partial charge < -0.3 is 4.74 Å². The van der Waals surface area contributed by atoms with Gasteiger partial charge in [-0.25, -0.2) is 0 Å². The predicted molar refractivity (Wildman–Crippen MR) is 125 cm³/mol. The van der Waals surface area contributed by atoms with Gasteiger partial charge in [-0.05, 0) is 61.5 Å². The molecule has 1 saturated carbocycles. The molecular formula is C28H36O3. The van der Waals surface area contributed by atoms with Crippen LogP contribution in [-0.4, -0.2) is 17.9 Å². The Morgan fingerprint density at radius 3 is 1.90 bits per heavy atom. The number of rotatable bonds is 8. The van der Waals surface area contributed by atoms with Gasteiger partial charge in [0.15, 0.2) is 0 Å².